The SMILES string of the molecule is Nc1ccc2c(c1)C=C(CO)S2(=O)=O. The normalized spacial score (nSPS) is 17.6. The van der Waals surface area contributed by atoms with Crippen LogP contribution in [0.3, 0.4) is 0 Å². The highest BCUT2D eigenvalue weighted by Gasteiger charge is 2.28. The van der Waals surface area contributed by atoms with Gasteiger partial charge in [0.25, 0.3) is 0 Å². The van der Waals surface area contributed by atoms with Gasteiger partial charge >= 0.3 is 0 Å². The summed E-state index contributed by atoms with van der Waals surface area (Å²) in [5.41, 5.74) is 6.58. The van der Waals surface area contributed by atoms with Crippen molar-refractivity contribution in [1.29, 1.82) is 0 Å². The smallest absolute Gasteiger partial charge is 0.205 e. The van der Waals surface area contributed by atoms with Crippen molar-refractivity contribution < 1.29 is 13.5 Å². The lowest BCUT2D eigenvalue weighted by Crippen LogP contribution is -2.03. The van der Waals surface area contributed by atoms with Crippen LogP contribution in [-0.4, -0.2) is 20.1 Å². The number of sulfone groups is 1. The molecule has 0 bridgehead atoms. The van der Waals surface area contributed by atoms with E-state index in [1.54, 1.807) is 6.07 Å². The predicted molar refractivity (Wildman–Crippen MR) is 53.1 cm³/mol. The minimum absolute atomic E-state index is 0.0260. The highest BCUT2D eigenvalue weighted by Crippen LogP contribution is 2.33. The number of aliphatic hydroxyl groups excluding tert-OH is 1. The molecule has 1 aromatic rings. The van der Waals surface area contributed by atoms with Crippen molar-refractivity contribution in [2.75, 3.05) is 12.3 Å². The van der Waals surface area contributed by atoms with Crippen molar-refractivity contribution in [3.63, 3.8) is 0 Å². The number of hydrogen-bond acceptors (Lipinski definition) is 4. The van der Waals surface area contributed by atoms with Crippen molar-refractivity contribution in [3.8, 4) is 0 Å². The first-order chi connectivity index (χ1) is 6.55. The molecule has 1 aliphatic heterocycles. The third kappa shape index (κ3) is 1.13. The van der Waals surface area contributed by atoms with E-state index >= 15 is 0 Å². The maximum absolute atomic E-state index is 11.7. The van der Waals surface area contributed by atoms with Gasteiger partial charge in [0.05, 0.1) is 16.4 Å². The second kappa shape index (κ2) is 2.83. The first-order valence-electron chi connectivity index (χ1n) is 4.02. The van der Waals surface area contributed by atoms with Gasteiger partial charge in [0.2, 0.25) is 9.84 Å². The van der Waals surface area contributed by atoms with E-state index in [0.29, 0.717) is 11.3 Å². The Balaban J connectivity index is 2.71. The average Bonchev–Trinajstić information content (AvgIpc) is 2.37. The highest BCUT2D eigenvalue weighted by atomic mass is 32.2. The molecule has 0 unspecified atom stereocenters. The third-order valence-electron chi connectivity index (χ3n) is 2.14. The number of benzene rings is 1. The zero-order chi connectivity index (χ0) is 10.3. The van der Waals surface area contributed by atoms with Gasteiger partial charge in [-0.15, -0.1) is 0 Å². The molecule has 0 aromatic heterocycles. The molecule has 1 aliphatic rings. The number of nitrogens with two attached hydrogens (primary N) is 1. The minimum Gasteiger partial charge on any atom is -0.399 e. The Labute approximate surface area is 81.6 Å². The molecule has 4 nitrogen and oxygen atoms in total. The van der Waals surface area contributed by atoms with E-state index in [-0.39, 0.29) is 9.80 Å². The zero-order valence-corrected chi connectivity index (χ0v) is 8.08. The van der Waals surface area contributed by atoms with Gasteiger partial charge in [-0.1, -0.05) is 0 Å². The number of hydrogen-bond donors (Lipinski definition) is 2. The molecular weight excluding hydrogens is 202 g/mol. The van der Waals surface area contributed by atoms with Crippen LogP contribution in [0.4, 0.5) is 5.69 Å². The molecular formula is C9H9NO3S. The number of rotatable bonds is 1. The molecule has 2 rings (SSSR count). The Morgan fingerprint density at radius 2 is 2.07 bits per heavy atom. The molecule has 0 fully saturated rings. The maximum Gasteiger partial charge on any atom is 0.205 e. The summed E-state index contributed by atoms with van der Waals surface area (Å²) in [4.78, 5) is 0.244. The van der Waals surface area contributed by atoms with Crippen LogP contribution in [0.15, 0.2) is 28.0 Å². The standard InChI is InChI=1S/C9H9NO3S/c10-7-1-2-9-6(3-7)4-8(5-11)14(9,12)13/h1-4,11H,5,10H2. The first-order valence-corrected chi connectivity index (χ1v) is 5.50. The molecule has 1 aromatic carbocycles. The Bertz CT molecular complexity index is 517. The minimum atomic E-state index is -3.46. The van der Waals surface area contributed by atoms with E-state index in [1.807, 2.05) is 0 Å². The molecule has 0 saturated carbocycles. The Morgan fingerprint density at radius 3 is 2.71 bits per heavy atom. The molecule has 14 heavy (non-hydrogen) atoms. The molecule has 0 aliphatic carbocycles. The summed E-state index contributed by atoms with van der Waals surface area (Å²) in [5.74, 6) is 0. The van der Waals surface area contributed by atoms with E-state index in [9.17, 15) is 8.42 Å². The van der Waals surface area contributed by atoms with Crippen LogP contribution in [0.25, 0.3) is 6.08 Å². The van der Waals surface area contributed by atoms with Crippen LogP contribution < -0.4 is 5.73 Å². The van der Waals surface area contributed by atoms with Gasteiger partial charge in [-0.2, -0.15) is 0 Å². The Hall–Kier alpha value is -1.33. The van der Waals surface area contributed by atoms with Crippen molar-refractivity contribution in [2.45, 2.75) is 4.90 Å². The van der Waals surface area contributed by atoms with Gasteiger partial charge in [0.1, 0.15) is 0 Å². The molecule has 74 valence electrons. The molecule has 0 atom stereocenters. The molecule has 1 heterocycles. The largest absolute Gasteiger partial charge is 0.399 e. The van der Waals surface area contributed by atoms with Gasteiger partial charge in [0, 0.05) is 5.69 Å². The van der Waals surface area contributed by atoms with Gasteiger partial charge in [-0.25, -0.2) is 8.42 Å². The van der Waals surface area contributed by atoms with E-state index < -0.39 is 16.4 Å². The quantitative estimate of drug-likeness (QED) is 0.658. The zero-order valence-electron chi connectivity index (χ0n) is 7.27. The highest BCUT2D eigenvalue weighted by molar-refractivity contribution is 7.95. The van der Waals surface area contributed by atoms with Crippen LogP contribution in [0.5, 0.6) is 0 Å². The second-order valence-electron chi connectivity index (χ2n) is 3.07. The van der Waals surface area contributed by atoms with Gasteiger partial charge < -0.3 is 10.8 Å². The Morgan fingerprint density at radius 1 is 1.36 bits per heavy atom. The topological polar surface area (TPSA) is 80.4 Å². The van der Waals surface area contributed by atoms with Crippen LogP contribution in [0.2, 0.25) is 0 Å². The number of fused-ring (bicyclic) bond motifs is 1. The van der Waals surface area contributed by atoms with Crippen LogP contribution in [-0.2, 0) is 9.84 Å². The van der Waals surface area contributed by atoms with Crippen LogP contribution >= 0.6 is 0 Å². The monoisotopic (exact) mass is 211 g/mol. The molecule has 0 amide bonds. The summed E-state index contributed by atoms with van der Waals surface area (Å²) in [6.45, 7) is -0.475. The summed E-state index contributed by atoms with van der Waals surface area (Å²) in [7, 11) is -3.46. The van der Waals surface area contributed by atoms with Crippen molar-refractivity contribution in [3.05, 3.63) is 28.7 Å². The van der Waals surface area contributed by atoms with Crippen molar-refractivity contribution in [1.82, 2.24) is 0 Å². The second-order valence-corrected chi connectivity index (χ2v) is 5.04. The van der Waals surface area contributed by atoms with E-state index in [0.717, 1.165) is 0 Å². The van der Waals surface area contributed by atoms with Gasteiger partial charge in [-0.3, -0.25) is 0 Å². The number of aliphatic hydroxyl groups is 1. The predicted octanol–water partition coefficient (Wildman–Crippen LogP) is 0.389. The Kier molecular flexibility index (Phi) is 1.87. The molecule has 0 saturated heterocycles. The summed E-state index contributed by atoms with van der Waals surface area (Å²) in [6, 6.07) is 4.57. The lowest BCUT2D eigenvalue weighted by molar-refractivity contribution is 0.339. The van der Waals surface area contributed by atoms with Gasteiger partial charge in [-0.05, 0) is 29.8 Å². The summed E-state index contributed by atoms with van der Waals surface area (Å²) in [5, 5.41) is 8.86. The fourth-order valence-electron chi connectivity index (χ4n) is 1.45. The van der Waals surface area contributed by atoms with Gasteiger partial charge in [0.15, 0.2) is 0 Å². The van der Waals surface area contributed by atoms with E-state index in [2.05, 4.69) is 0 Å². The summed E-state index contributed by atoms with van der Waals surface area (Å²) in [6.07, 6.45) is 1.45. The fourth-order valence-corrected chi connectivity index (χ4v) is 2.86. The molecule has 3 N–H and O–H groups in total. The lowest BCUT2D eigenvalue weighted by atomic mass is 10.2. The fraction of sp³-hybridized carbons (Fsp3) is 0.111. The first kappa shape index (κ1) is 9.23. The molecule has 0 radical (unpaired) electrons. The van der Waals surface area contributed by atoms with Crippen molar-refractivity contribution >= 4 is 21.6 Å². The number of nitrogen functional groups attached to an aromatic ring is 1. The maximum atomic E-state index is 11.7. The van der Waals surface area contributed by atoms with Crippen molar-refractivity contribution in [2.24, 2.45) is 0 Å². The lowest BCUT2D eigenvalue weighted by Gasteiger charge is -2.00. The summed E-state index contributed by atoms with van der Waals surface area (Å²) < 4.78 is 23.3. The van der Waals surface area contributed by atoms with E-state index in [1.165, 1.54) is 18.2 Å². The van der Waals surface area contributed by atoms with E-state index in [4.69, 9.17) is 10.8 Å². The third-order valence-corrected chi connectivity index (χ3v) is 4.03. The number of anilines is 1. The summed E-state index contributed by atoms with van der Waals surface area (Å²) >= 11 is 0. The van der Waals surface area contributed by atoms with Crippen LogP contribution in [0, 0.1) is 0 Å². The molecule has 5 heteroatoms. The average molecular weight is 211 g/mol. The van der Waals surface area contributed by atoms with Crippen LogP contribution in [0.1, 0.15) is 5.56 Å². The molecule has 0 spiro atoms.